The Morgan fingerprint density at radius 3 is 2.76 bits per heavy atom. The van der Waals surface area contributed by atoms with E-state index in [9.17, 15) is 29.5 Å². The van der Waals surface area contributed by atoms with Gasteiger partial charge in [-0.2, -0.15) is 11.8 Å². The minimum absolute atomic E-state index is 0.0295. The molecule has 2 aliphatic rings. The zero-order valence-corrected chi connectivity index (χ0v) is 28.2. The van der Waals surface area contributed by atoms with Crippen molar-refractivity contribution in [2.24, 2.45) is 16.6 Å². The number of thiazole rings is 1. The van der Waals surface area contributed by atoms with Crippen LogP contribution in [-0.4, -0.2) is 96.6 Å². The zero-order chi connectivity index (χ0) is 33.4. The van der Waals surface area contributed by atoms with Crippen LogP contribution in [0.1, 0.15) is 30.5 Å². The third-order valence-electron chi connectivity index (χ3n) is 6.77. The lowest BCUT2D eigenvalue weighted by Crippen LogP contribution is -2.71. The highest BCUT2D eigenvalue weighted by atomic mass is 35.5. The van der Waals surface area contributed by atoms with E-state index >= 15 is 0 Å². The van der Waals surface area contributed by atoms with E-state index in [4.69, 9.17) is 28.8 Å². The van der Waals surface area contributed by atoms with Crippen LogP contribution in [0, 0.1) is 0 Å². The number of carbonyl (C=O) groups is 4. The van der Waals surface area contributed by atoms with Crippen molar-refractivity contribution in [1.82, 2.24) is 25.5 Å². The number of amides is 3. The van der Waals surface area contributed by atoms with E-state index in [0.717, 1.165) is 39.5 Å². The molecule has 4 heterocycles. The summed E-state index contributed by atoms with van der Waals surface area (Å²) in [5.74, 6) is -1.59. The Bertz CT molecular complexity index is 1540. The van der Waals surface area contributed by atoms with E-state index in [1.54, 1.807) is 30.2 Å². The average molecular weight is 730 g/mol. The SMILES string of the molecule is NCCCC[C@H](N)C(=O)NCCSCc1cnccc1SC1=C(C(=O)O)N2C(=O)[C@@H](NC(=O)/C(=N\O)c3nc(N)sc3Cl)[C@H]2SC1. The number of nitrogens with zero attached hydrogens (tertiary/aromatic N) is 4. The molecule has 20 heteroatoms. The van der Waals surface area contributed by atoms with Gasteiger partial charge < -0.3 is 38.1 Å². The van der Waals surface area contributed by atoms with Gasteiger partial charge in [-0.05, 0) is 31.0 Å². The molecule has 2 aromatic rings. The summed E-state index contributed by atoms with van der Waals surface area (Å²) in [5, 5.41) is 27.2. The monoisotopic (exact) mass is 729 g/mol. The summed E-state index contributed by atoms with van der Waals surface area (Å²) >= 11 is 11.0. The van der Waals surface area contributed by atoms with Crippen molar-refractivity contribution in [3.63, 3.8) is 0 Å². The number of oxime groups is 1. The summed E-state index contributed by atoms with van der Waals surface area (Å²) < 4.78 is 0.0295. The number of thioether (sulfide) groups is 3. The number of carboxylic acid groups (broad SMARTS) is 1. The molecular weight excluding hydrogens is 698 g/mol. The lowest BCUT2D eigenvalue weighted by molar-refractivity contribution is -0.150. The van der Waals surface area contributed by atoms with Gasteiger partial charge >= 0.3 is 5.97 Å². The first-order valence-electron chi connectivity index (χ1n) is 13.8. The molecule has 1 fully saturated rings. The van der Waals surface area contributed by atoms with Crippen molar-refractivity contribution < 1.29 is 29.5 Å². The maximum Gasteiger partial charge on any atom is 0.353 e. The number of carboxylic acids is 1. The number of hydrogen-bond donors (Lipinski definition) is 7. The Morgan fingerprint density at radius 1 is 1.30 bits per heavy atom. The topological polar surface area (TPSA) is 252 Å². The van der Waals surface area contributed by atoms with Crippen LogP contribution < -0.4 is 27.8 Å². The lowest BCUT2D eigenvalue weighted by atomic mass is 10.0. The zero-order valence-electron chi connectivity index (χ0n) is 24.2. The fraction of sp³-hybridized carbons (Fsp3) is 0.423. The van der Waals surface area contributed by atoms with Crippen LogP contribution in [0.15, 0.2) is 39.1 Å². The van der Waals surface area contributed by atoms with Crippen molar-refractivity contribution >= 4 is 92.8 Å². The van der Waals surface area contributed by atoms with Crippen LogP contribution in [0.25, 0.3) is 0 Å². The highest BCUT2D eigenvalue weighted by Crippen LogP contribution is 2.46. The second kappa shape index (κ2) is 16.7. The number of β-lactam (4-membered cyclic amide) rings is 1. The van der Waals surface area contributed by atoms with Crippen molar-refractivity contribution in [1.29, 1.82) is 0 Å². The smallest absolute Gasteiger partial charge is 0.353 e. The first kappa shape index (κ1) is 35.8. The van der Waals surface area contributed by atoms with E-state index in [1.165, 1.54) is 23.5 Å². The first-order valence-corrected chi connectivity index (χ1v) is 18.1. The van der Waals surface area contributed by atoms with Gasteiger partial charge in [-0.25, -0.2) is 9.78 Å². The van der Waals surface area contributed by atoms with E-state index in [0.29, 0.717) is 35.9 Å². The molecule has 3 atom stereocenters. The highest BCUT2D eigenvalue weighted by molar-refractivity contribution is 8.06. The Balaban J connectivity index is 1.36. The molecule has 0 unspecified atom stereocenters. The summed E-state index contributed by atoms with van der Waals surface area (Å²) in [6.07, 6.45) is 5.50. The van der Waals surface area contributed by atoms with Crippen molar-refractivity contribution in [2.75, 3.05) is 30.3 Å². The molecule has 248 valence electrons. The molecule has 0 radical (unpaired) electrons. The predicted molar refractivity (Wildman–Crippen MR) is 180 cm³/mol. The summed E-state index contributed by atoms with van der Waals surface area (Å²) in [6, 6.07) is 0.138. The Hall–Kier alpha value is -3.07. The van der Waals surface area contributed by atoms with Crippen molar-refractivity contribution in [3.8, 4) is 0 Å². The fourth-order valence-electron chi connectivity index (χ4n) is 4.50. The van der Waals surface area contributed by atoms with E-state index in [2.05, 4.69) is 25.8 Å². The Labute approximate surface area is 285 Å². The number of halogens is 1. The van der Waals surface area contributed by atoms with Gasteiger partial charge in [0.25, 0.3) is 11.8 Å². The minimum atomic E-state index is -1.28. The van der Waals surface area contributed by atoms with Crippen molar-refractivity contribution in [2.45, 2.75) is 47.4 Å². The third-order valence-corrected chi connectivity index (χ3v) is 11.5. The Morgan fingerprint density at radius 2 is 2.09 bits per heavy atom. The van der Waals surface area contributed by atoms with Crippen LogP contribution >= 0.6 is 58.2 Å². The normalized spacial score (nSPS) is 18.5. The van der Waals surface area contributed by atoms with E-state index in [1.807, 2.05) is 0 Å². The third kappa shape index (κ3) is 8.44. The molecule has 0 aliphatic carbocycles. The van der Waals surface area contributed by atoms with E-state index in [-0.39, 0.29) is 32.5 Å². The Kier molecular flexibility index (Phi) is 13.0. The van der Waals surface area contributed by atoms with Gasteiger partial charge in [0, 0.05) is 46.0 Å². The number of nitrogens with two attached hydrogens (primary N) is 3. The molecule has 0 aromatic carbocycles. The second-order valence-electron chi connectivity index (χ2n) is 9.88. The molecule has 2 aromatic heterocycles. The van der Waals surface area contributed by atoms with Gasteiger partial charge in [-0.3, -0.25) is 24.3 Å². The molecule has 0 saturated carbocycles. The summed E-state index contributed by atoms with van der Waals surface area (Å²) in [4.78, 5) is 61.1. The van der Waals surface area contributed by atoms with Crippen LogP contribution in [0.2, 0.25) is 4.34 Å². The van der Waals surface area contributed by atoms with Gasteiger partial charge in [0.05, 0.1) is 6.04 Å². The summed E-state index contributed by atoms with van der Waals surface area (Å²) in [7, 11) is 0. The second-order valence-corrected chi connectivity index (χ2v) is 14.9. The molecule has 3 amide bonds. The van der Waals surface area contributed by atoms with Crippen LogP contribution in [0.5, 0.6) is 0 Å². The number of carbonyl (C=O) groups excluding carboxylic acids is 3. The first-order chi connectivity index (χ1) is 22.1. The number of hydrogen-bond acceptors (Lipinski definition) is 15. The van der Waals surface area contributed by atoms with Crippen molar-refractivity contribution in [3.05, 3.63) is 44.7 Å². The molecular formula is C26H32ClN9O6S4. The molecule has 4 rings (SSSR count). The molecule has 0 spiro atoms. The number of unbranched alkanes of at least 4 members (excludes halogenated alkanes) is 1. The van der Waals surface area contributed by atoms with Gasteiger partial charge in [-0.1, -0.05) is 46.3 Å². The maximum absolute atomic E-state index is 13.2. The van der Waals surface area contributed by atoms with Gasteiger partial charge in [-0.15, -0.1) is 11.8 Å². The number of aliphatic carboxylic acids is 1. The van der Waals surface area contributed by atoms with E-state index < -0.39 is 41.0 Å². The number of nitrogen functional groups attached to an aromatic ring is 1. The number of nitrogens with one attached hydrogen (secondary N) is 2. The molecule has 0 bridgehead atoms. The fourth-order valence-corrected chi connectivity index (χ4v) is 8.92. The van der Waals surface area contributed by atoms with Crippen LogP contribution in [0.3, 0.4) is 0 Å². The quantitative estimate of drug-likeness (QED) is 0.0422. The number of anilines is 1. The van der Waals surface area contributed by atoms with Gasteiger partial charge in [0.1, 0.15) is 27.1 Å². The maximum atomic E-state index is 13.2. The number of aromatic nitrogens is 2. The van der Waals surface area contributed by atoms with Crippen LogP contribution in [-0.2, 0) is 24.9 Å². The number of pyridine rings is 1. The molecule has 15 nitrogen and oxygen atoms in total. The lowest BCUT2D eigenvalue weighted by Gasteiger charge is -2.49. The predicted octanol–water partition coefficient (Wildman–Crippen LogP) is 1.25. The average Bonchev–Trinajstić information content (AvgIpc) is 3.37. The standard InChI is InChI=1S/C26H32ClN9O6S4/c27-20-16(34-26(30)46-20)17(35-42)22(38)33-18-23(39)36-19(25(40)41)15(11-44-24(18)36)45-14-4-6-31-9-12(14)10-43-8-7-32-21(37)13(29)3-1-2-5-28/h4,6,9,13,18,24,42H,1-3,5,7-8,10-11,28-29H2,(H2,30,34)(H,32,37)(H,33,38)(H,40,41)/b35-17-/t13-,18+,24+/m0/s1. The molecule has 1 saturated heterocycles. The molecule has 2 aliphatic heterocycles. The minimum Gasteiger partial charge on any atom is -0.477 e. The van der Waals surface area contributed by atoms with Gasteiger partial charge in [0.15, 0.2) is 10.8 Å². The number of fused-ring (bicyclic) bond motifs is 1. The van der Waals surface area contributed by atoms with Gasteiger partial charge in [0.2, 0.25) is 5.91 Å². The molecule has 46 heavy (non-hydrogen) atoms. The number of rotatable bonds is 16. The highest BCUT2D eigenvalue weighted by Gasteiger charge is 2.54. The molecule has 10 N–H and O–H groups in total. The summed E-state index contributed by atoms with van der Waals surface area (Å²) in [6.45, 7) is 1.00. The summed E-state index contributed by atoms with van der Waals surface area (Å²) in [5.41, 5.74) is 17.1. The van der Waals surface area contributed by atoms with Crippen LogP contribution in [0.4, 0.5) is 5.13 Å². The largest absolute Gasteiger partial charge is 0.477 e.